The van der Waals surface area contributed by atoms with Gasteiger partial charge in [0.15, 0.2) is 0 Å². The SMILES string of the molecule is CCCNc1cc(F)c(Cl)cc1[N+](=O)[O-]. The van der Waals surface area contributed by atoms with Crippen molar-refractivity contribution in [2.24, 2.45) is 0 Å². The predicted octanol–water partition coefficient (Wildman–Crippen LogP) is 3.21. The minimum atomic E-state index is -0.666. The summed E-state index contributed by atoms with van der Waals surface area (Å²) in [5.41, 5.74) is -0.0569. The van der Waals surface area contributed by atoms with Crippen LogP contribution >= 0.6 is 11.6 Å². The fourth-order valence-electron chi connectivity index (χ4n) is 1.09. The number of nitro groups is 1. The first kappa shape index (κ1) is 11.7. The van der Waals surface area contributed by atoms with Gasteiger partial charge in [-0.2, -0.15) is 0 Å². The monoisotopic (exact) mass is 232 g/mol. The van der Waals surface area contributed by atoms with Gasteiger partial charge in [0.05, 0.1) is 9.95 Å². The molecule has 82 valence electrons. The Bertz CT molecular complexity index is 385. The Morgan fingerprint density at radius 1 is 1.60 bits per heavy atom. The molecule has 0 aliphatic rings. The molecule has 1 aromatic carbocycles. The number of hydrogen-bond donors (Lipinski definition) is 1. The fourth-order valence-corrected chi connectivity index (χ4v) is 1.25. The van der Waals surface area contributed by atoms with Gasteiger partial charge in [0.1, 0.15) is 11.5 Å². The fraction of sp³-hybridized carbons (Fsp3) is 0.333. The average Bonchev–Trinajstić information content (AvgIpc) is 2.19. The van der Waals surface area contributed by atoms with E-state index in [-0.39, 0.29) is 16.4 Å². The third-order valence-corrected chi connectivity index (χ3v) is 2.09. The van der Waals surface area contributed by atoms with Crippen molar-refractivity contribution in [1.29, 1.82) is 0 Å². The zero-order valence-corrected chi connectivity index (χ0v) is 8.84. The van der Waals surface area contributed by atoms with Crippen LogP contribution in [0.25, 0.3) is 0 Å². The lowest BCUT2D eigenvalue weighted by Crippen LogP contribution is -2.03. The molecule has 0 aliphatic heterocycles. The van der Waals surface area contributed by atoms with E-state index in [9.17, 15) is 14.5 Å². The summed E-state index contributed by atoms with van der Waals surface area (Å²) in [6.45, 7) is 2.45. The first-order valence-electron chi connectivity index (χ1n) is 4.43. The maximum absolute atomic E-state index is 13.1. The molecule has 0 unspecified atom stereocenters. The van der Waals surface area contributed by atoms with Crippen molar-refractivity contribution in [1.82, 2.24) is 0 Å². The number of benzene rings is 1. The highest BCUT2D eigenvalue weighted by atomic mass is 35.5. The highest BCUT2D eigenvalue weighted by Crippen LogP contribution is 2.30. The third kappa shape index (κ3) is 2.79. The minimum absolute atomic E-state index is 0.156. The van der Waals surface area contributed by atoms with Crippen LogP contribution in [0, 0.1) is 15.9 Å². The lowest BCUT2D eigenvalue weighted by molar-refractivity contribution is -0.384. The molecule has 0 aliphatic carbocycles. The smallest absolute Gasteiger partial charge is 0.294 e. The topological polar surface area (TPSA) is 55.2 Å². The number of nitrogens with one attached hydrogen (secondary N) is 1. The molecule has 4 nitrogen and oxygen atoms in total. The Morgan fingerprint density at radius 3 is 2.80 bits per heavy atom. The zero-order valence-electron chi connectivity index (χ0n) is 8.09. The van der Waals surface area contributed by atoms with E-state index in [0.29, 0.717) is 6.54 Å². The van der Waals surface area contributed by atoms with Crippen LogP contribution in [0.1, 0.15) is 13.3 Å². The zero-order chi connectivity index (χ0) is 11.4. The van der Waals surface area contributed by atoms with E-state index in [2.05, 4.69) is 5.32 Å². The summed E-state index contributed by atoms with van der Waals surface area (Å²) in [6, 6.07) is 2.05. The molecule has 0 saturated carbocycles. The van der Waals surface area contributed by atoms with E-state index in [1.165, 1.54) is 0 Å². The summed E-state index contributed by atoms with van der Waals surface area (Å²) < 4.78 is 13.1. The van der Waals surface area contributed by atoms with Crippen LogP contribution in [0.4, 0.5) is 15.8 Å². The molecule has 15 heavy (non-hydrogen) atoms. The van der Waals surface area contributed by atoms with E-state index in [1.54, 1.807) is 0 Å². The third-order valence-electron chi connectivity index (χ3n) is 1.80. The Labute approximate surface area is 91.2 Å². The molecule has 0 amide bonds. The molecule has 6 heteroatoms. The van der Waals surface area contributed by atoms with Gasteiger partial charge < -0.3 is 5.32 Å². The van der Waals surface area contributed by atoms with Crippen LogP contribution in [-0.2, 0) is 0 Å². The molecule has 0 spiro atoms. The van der Waals surface area contributed by atoms with Crippen LogP contribution in [0.2, 0.25) is 5.02 Å². The molecule has 0 heterocycles. The Hall–Kier alpha value is -1.36. The van der Waals surface area contributed by atoms with Crippen molar-refractivity contribution in [3.63, 3.8) is 0 Å². The van der Waals surface area contributed by atoms with Crippen molar-refractivity contribution in [2.45, 2.75) is 13.3 Å². The first-order valence-corrected chi connectivity index (χ1v) is 4.81. The number of halogens is 2. The summed E-state index contributed by atoms with van der Waals surface area (Å²) in [5, 5.41) is 13.2. The maximum Gasteiger partial charge on any atom is 0.294 e. The van der Waals surface area contributed by atoms with Gasteiger partial charge in [-0.3, -0.25) is 10.1 Å². The van der Waals surface area contributed by atoms with Crippen LogP contribution in [0.15, 0.2) is 12.1 Å². The molecule has 0 saturated heterocycles. The van der Waals surface area contributed by atoms with E-state index in [1.807, 2.05) is 6.92 Å². The second-order valence-corrected chi connectivity index (χ2v) is 3.37. The highest BCUT2D eigenvalue weighted by Gasteiger charge is 2.16. The second-order valence-electron chi connectivity index (χ2n) is 2.97. The van der Waals surface area contributed by atoms with Gasteiger partial charge in [0.25, 0.3) is 5.69 Å². The Balaban J connectivity index is 3.10. The number of nitro benzene ring substituents is 1. The van der Waals surface area contributed by atoms with Gasteiger partial charge in [-0.25, -0.2) is 4.39 Å². The summed E-state index contributed by atoms with van der Waals surface area (Å²) >= 11 is 5.46. The highest BCUT2D eigenvalue weighted by molar-refractivity contribution is 6.31. The van der Waals surface area contributed by atoms with Gasteiger partial charge in [-0.05, 0) is 6.42 Å². The number of nitrogens with zero attached hydrogens (tertiary/aromatic N) is 1. The molecule has 0 fully saturated rings. The number of hydrogen-bond acceptors (Lipinski definition) is 3. The standard InChI is InChI=1S/C9H10ClFN2O2/c1-2-3-12-8-5-7(11)6(10)4-9(8)13(14)15/h4-5,12H,2-3H2,1H3. The van der Waals surface area contributed by atoms with E-state index in [0.717, 1.165) is 18.6 Å². The molecule has 0 bridgehead atoms. The van der Waals surface area contributed by atoms with Crippen LogP contribution in [-0.4, -0.2) is 11.5 Å². The summed E-state index contributed by atoms with van der Waals surface area (Å²) in [7, 11) is 0. The summed E-state index contributed by atoms with van der Waals surface area (Å²) in [5.74, 6) is -0.666. The lowest BCUT2D eigenvalue weighted by atomic mass is 10.2. The molecule has 1 rings (SSSR count). The van der Waals surface area contributed by atoms with Crippen molar-refractivity contribution >= 4 is 23.0 Å². The van der Waals surface area contributed by atoms with Gasteiger partial charge >= 0.3 is 0 Å². The molecule has 0 aromatic heterocycles. The van der Waals surface area contributed by atoms with Crippen LogP contribution < -0.4 is 5.32 Å². The van der Waals surface area contributed by atoms with Crippen LogP contribution in [0.5, 0.6) is 0 Å². The quantitative estimate of drug-likeness (QED) is 0.641. The average molecular weight is 233 g/mol. The molecule has 1 N–H and O–H groups in total. The number of anilines is 1. The van der Waals surface area contributed by atoms with E-state index < -0.39 is 10.7 Å². The van der Waals surface area contributed by atoms with Gasteiger partial charge in [-0.1, -0.05) is 18.5 Å². The molecular weight excluding hydrogens is 223 g/mol. The summed E-state index contributed by atoms with van der Waals surface area (Å²) in [6.07, 6.45) is 0.793. The molecule has 0 radical (unpaired) electrons. The van der Waals surface area contributed by atoms with Gasteiger partial charge in [0.2, 0.25) is 0 Å². The van der Waals surface area contributed by atoms with Crippen molar-refractivity contribution in [3.05, 3.63) is 33.1 Å². The lowest BCUT2D eigenvalue weighted by Gasteiger charge is -2.06. The molecule has 1 aromatic rings. The molecular formula is C9H10ClFN2O2. The Kier molecular flexibility index (Phi) is 3.85. The Morgan fingerprint density at radius 2 is 2.27 bits per heavy atom. The number of rotatable bonds is 4. The normalized spacial score (nSPS) is 10.1. The van der Waals surface area contributed by atoms with Gasteiger partial charge in [-0.15, -0.1) is 0 Å². The largest absolute Gasteiger partial charge is 0.379 e. The maximum atomic E-state index is 13.1. The van der Waals surface area contributed by atoms with E-state index in [4.69, 9.17) is 11.6 Å². The van der Waals surface area contributed by atoms with E-state index >= 15 is 0 Å². The van der Waals surface area contributed by atoms with Crippen molar-refractivity contribution in [3.8, 4) is 0 Å². The summed E-state index contributed by atoms with van der Waals surface area (Å²) in [4.78, 5) is 10.0. The van der Waals surface area contributed by atoms with Crippen molar-refractivity contribution < 1.29 is 9.31 Å². The molecule has 0 atom stereocenters. The minimum Gasteiger partial charge on any atom is -0.379 e. The van der Waals surface area contributed by atoms with Crippen LogP contribution in [0.3, 0.4) is 0 Å². The van der Waals surface area contributed by atoms with Gasteiger partial charge in [0, 0.05) is 18.7 Å². The van der Waals surface area contributed by atoms with Crippen molar-refractivity contribution in [2.75, 3.05) is 11.9 Å². The predicted molar refractivity (Wildman–Crippen MR) is 56.8 cm³/mol. The second kappa shape index (κ2) is 4.93. The first-order chi connectivity index (χ1) is 7.06.